The number of nitrogens with zero attached hydrogens (tertiary/aromatic N) is 5. The Kier molecular flexibility index (Phi) is 4.26. The Bertz CT molecular complexity index is 874. The third kappa shape index (κ3) is 2.85. The van der Waals surface area contributed by atoms with E-state index in [1.54, 1.807) is 23.5 Å². The summed E-state index contributed by atoms with van der Waals surface area (Å²) >= 11 is 0. The summed E-state index contributed by atoms with van der Waals surface area (Å²) in [5.74, 6) is -0.385. The lowest BCUT2D eigenvalue weighted by molar-refractivity contribution is -0.0252. The van der Waals surface area contributed by atoms with Gasteiger partial charge in [-0.3, -0.25) is 28.7 Å². The van der Waals surface area contributed by atoms with Crippen LogP contribution < -0.4 is 11.2 Å². The summed E-state index contributed by atoms with van der Waals surface area (Å²) in [6.07, 6.45) is 4.32. The molecule has 2 aromatic rings. The molecule has 0 spiro atoms. The van der Waals surface area contributed by atoms with Gasteiger partial charge in [0.2, 0.25) is 0 Å². The summed E-state index contributed by atoms with van der Waals surface area (Å²) in [5, 5.41) is 0. The second-order valence-electron chi connectivity index (χ2n) is 5.51. The molecule has 3 heterocycles. The van der Waals surface area contributed by atoms with Crippen molar-refractivity contribution in [3.63, 3.8) is 0 Å². The summed E-state index contributed by atoms with van der Waals surface area (Å²) in [4.78, 5) is 46.3. The fraction of sp³-hybridized carbons (Fsp3) is 0.400. The van der Waals surface area contributed by atoms with Gasteiger partial charge in [0, 0.05) is 39.1 Å². The average Bonchev–Trinajstić information content (AvgIpc) is 2.63. The lowest BCUT2D eigenvalue weighted by Gasteiger charge is -2.32. The molecule has 24 heavy (non-hydrogen) atoms. The Morgan fingerprint density at radius 3 is 2.75 bits per heavy atom. The number of amides is 1. The predicted molar refractivity (Wildman–Crippen MR) is 83.6 cm³/mol. The summed E-state index contributed by atoms with van der Waals surface area (Å²) in [6.45, 7) is 0.992. The first kappa shape index (κ1) is 16.1. The smallest absolute Gasteiger partial charge is 0.331 e. The van der Waals surface area contributed by atoms with Crippen molar-refractivity contribution in [2.45, 2.75) is 6.10 Å². The van der Waals surface area contributed by atoms with E-state index in [0.29, 0.717) is 18.8 Å². The quantitative estimate of drug-likeness (QED) is 0.706. The first-order valence-electron chi connectivity index (χ1n) is 7.43. The van der Waals surface area contributed by atoms with Crippen LogP contribution in [0.4, 0.5) is 0 Å². The molecule has 1 aliphatic rings. The van der Waals surface area contributed by atoms with E-state index in [0.717, 1.165) is 4.57 Å². The number of ether oxygens (including phenoxy) is 1. The Hall–Kier alpha value is -2.81. The molecular formula is C15H17N5O4. The van der Waals surface area contributed by atoms with Crippen molar-refractivity contribution in [2.75, 3.05) is 19.7 Å². The maximum Gasteiger partial charge on any atom is 0.331 e. The summed E-state index contributed by atoms with van der Waals surface area (Å²) < 4.78 is 7.78. The Labute approximate surface area is 137 Å². The van der Waals surface area contributed by atoms with Gasteiger partial charge in [0.05, 0.1) is 25.0 Å². The molecule has 1 saturated heterocycles. The number of carbonyl (C=O) groups excluding carboxylic acids is 1. The highest BCUT2D eigenvalue weighted by Gasteiger charge is 2.28. The Morgan fingerprint density at radius 1 is 1.25 bits per heavy atom. The minimum atomic E-state index is -0.537. The zero-order chi connectivity index (χ0) is 17.3. The highest BCUT2D eigenvalue weighted by molar-refractivity contribution is 5.92. The van der Waals surface area contributed by atoms with Crippen molar-refractivity contribution < 1.29 is 9.53 Å². The molecule has 126 valence electrons. The van der Waals surface area contributed by atoms with E-state index in [2.05, 4.69) is 9.97 Å². The predicted octanol–water partition coefficient (Wildman–Crippen LogP) is -0.912. The summed E-state index contributed by atoms with van der Waals surface area (Å²) in [6, 6.07) is 1.18. The van der Waals surface area contributed by atoms with Gasteiger partial charge in [0.25, 0.3) is 11.5 Å². The van der Waals surface area contributed by atoms with E-state index in [1.807, 2.05) is 0 Å². The standard InChI is InChI=1S/C15H17N5O4/c1-18-11(7-13(21)19(2)15(18)23)14(22)20-5-6-24-12(9-20)10-8-16-3-4-17-10/h3-4,7-8,12H,5-6,9H2,1-2H3/t12-/m1/s1. The summed E-state index contributed by atoms with van der Waals surface area (Å²) in [5.41, 5.74) is -0.361. The first-order valence-corrected chi connectivity index (χ1v) is 7.43. The van der Waals surface area contributed by atoms with Gasteiger partial charge >= 0.3 is 5.69 Å². The number of carbonyl (C=O) groups is 1. The van der Waals surface area contributed by atoms with Gasteiger partial charge in [-0.1, -0.05) is 0 Å². The fourth-order valence-corrected chi connectivity index (χ4v) is 2.59. The Balaban J connectivity index is 1.88. The monoisotopic (exact) mass is 331 g/mol. The largest absolute Gasteiger partial charge is 0.368 e. The lowest BCUT2D eigenvalue weighted by Crippen LogP contribution is -2.46. The van der Waals surface area contributed by atoms with Crippen LogP contribution in [-0.4, -0.2) is 49.6 Å². The number of rotatable bonds is 2. The van der Waals surface area contributed by atoms with Gasteiger partial charge in [-0.25, -0.2) is 4.79 Å². The van der Waals surface area contributed by atoms with Crippen LogP contribution in [0.1, 0.15) is 22.3 Å². The lowest BCUT2D eigenvalue weighted by atomic mass is 10.2. The minimum Gasteiger partial charge on any atom is -0.368 e. The molecule has 9 heteroatoms. The Morgan fingerprint density at radius 2 is 2.04 bits per heavy atom. The van der Waals surface area contributed by atoms with Gasteiger partial charge in [0.1, 0.15) is 11.8 Å². The van der Waals surface area contributed by atoms with Crippen LogP contribution in [0.15, 0.2) is 34.2 Å². The van der Waals surface area contributed by atoms with Crippen molar-refractivity contribution in [1.29, 1.82) is 0 Å². The zero-order valence-electron chi connectivity index (χ0n) is 13.4. The maximum absolute atomic E-state index is 12.7. The molecule has 0 unspecified atom stereocenters. The van der Waals surface area contributed by atoms with Crippen LogP contribution in [-0.2, 0) is 18.8 Å². The molecule has 2 aromatic heterocycles. The van der Waals surface area contributed by atoms with Gasteiger partial charge in [0.15, 0.2) is 0 Å². The highest BCUT2D eigenvalue weighted by atomic mass is 16.5. The molecule has 1 aliphatic heterocycles. The normalized spacial score (nSPS) is 17.8. The number of morpholine rings is 1. The van der Waals surface area contributed by atoms with E-state index in [-0.39, 0.29) is 24.2 Å². The molecule has 0 bridgehead atoms. The van der Waals surface area contributed by atoms with Crippen molar-refractivity contribution in [1.82, 2.24) is 24.0 Å². The van der Waals surface area contributed by atoms with E-state index >= 15 is 0 Å². The molecule has 3 rings (SSSR count). The topological polar surface area (TPSA) is 99.3 Å². The molecule has 0 saturated carbocycles. The van der Waals surface area contributed by atoms with Gasteiger partial charge < -0.3 is 9.64 Å². The fourth-order valence-electron chi connectivity index (χ4n) is 2.59. The number of hydrogen-bond donors (Lipinski definition) is 0. The third-order valence-electron chi connectivity index (χ3n) is 4.01. The molecule has 0 radical (unpaired) electrons. The third-order valence-corrected chi connectivity index (χ3v) is 4.01. The molecule has 9 nitrogen and oxygen atoms in total. The van der Waals surface area contributed by atoms with Crippen molar-refractivity contribution >= 4 is 5.91 Å². The molecule has 1 atom stereocenters. The molecule has 1 fully saturated rings. The number of hydrogen-bond acceptors (Lipinski definition) is 6. The van der Waals surface area contributed by atoms with Crippen molar-refractivity contribution in [3.8, 4) is 0 Å². The van der Waals surface area contributed by atoms with Gasteiger partial charge in [-0.15, -0.1) is 0 Å². The SMILES string of the molecule is Cn1c(C(=O)N2CCO[C@@H](c3cnccn3)C2)cc(=O)n(C)c1=O. The van der Waals surface area contributed by atoms with E-state index in [1.165, 1.54) is 24.7 Å². The van der Waals surface area contributed by atoms with E-state index in [9.17, 15) is 14.4 Å². The van der Waals surface area contributed by atoms with Crippen molar-refractivity contribution in [2.24, 2.45) is 14.1 Å². The van der Waals surface area contributed by atoms with Crippen LogP contribution in [0, 0.1) is 0 Å². The van der Waals surface area contributed by atoms with Crippen LogP contribution in [0.5, 0.6) is 0 Å². The van der Waals surface area contributed by atoms with Crippen LogP contribution in [0.3, 0.4) is 0 Å². The second kappa shape index (κ2) is 6.36. The van der Waals surface area contributed by atoms with E-state index in [4.69, 9.17) is 4.74 Å². The second-order valence-corrected chi connectivity index (χ2v) is 5.51. The van der Waals surface area contributed by atoms with Gasteiger partial charge in [-0.05, 0) is 0 Å². The first-order chi connectivity index (χ1) is 11.5. The van der Waals surface area contributed by atoms with E-state index < -0.39 is 11.2 Å². The van der Waals surface area contributed by atoms with Crippen LogP contribution in [0.25, 0.3) is 0 Å². The average molecular weight is 331 g/mol. The maximum atomic E-state index is 12.7. The number of aromatic nitrogens is 4. The van der Waals surface area contributed by atoms with Gasteiger partial charge in [-0.2, -0.15) is 0 Å². The van der Waals surface area contributed by atoms with Crippen LogP contribution >= 0.6 is 0 Å². The molecule has 0 aliphatic carbocycles. The zero-order valence-corrected chi connectivity index (χ0v) is 13.4. The highest BCUT2D eigenvalue weighted by Crippen LogP contribution is 2.20. The molecule has 1 amide bonds. The van der Waals surface area contributed by atoms with Crippen LogP contribution in [0.2, 0.25) is 0 Å². The minimum absolute atomic E-state index is 0.0582. The molecule has 0 N–H and O–H groups in total. The molecule has 0 aromatic carbocycles. The summed E-state index contributed by atoms with van der Waals surface area (Å²) in [7, 11) is 2.84. The van der Waals surface area contributed by atoms with Crippen molar-refractivity contribution in [3.05, 3.63) is 56.9 Å². The molecular weight excluding hydrogens is 314 g/mol.